The highest BCUT2D eigenvalue weighted by Crippen LogP contribution is 1.76. The fourth-order valence-electron chi connectivity index (χ4n) is 0.525. The molecule has 0 spiro atoms. The van der Waals surface area contributed by atoms with Crippen molar-refractivity contribution < 1.29 is 24.6 Å². The Hall–Kier alpha value is -2.11. The van der Waals surface area contributed by atoms with E-state index in [1.54, 1.807) is 0 Å². The second-order valence-corrected chi connectivity index (χ2v) is 2.16. The number of rotatable bonds is 5. The molecular weight excluding hydrogens is 190 g/mol. The molecule has 0 aliphatic rings. The van der Waals surface area contributed by atoms with Gasteiger partial charge in [0.05, 0.1) is 0 Å². The molecule has 6 heteroatoms. The Kier molecular flexibility index (Phi) is 5.44. The summed E-state index contributed by atoms with van der Waals surface area (Å²) in [4.78, 5) is 30.7. The van der Waals surface area contributed by atoms with Crippen LogP contribution >= 0.6 is 0 Å². The maximum absolute atomic E-state index is 10.7. The normalized spacial score (nSPS) is 10.6. The average Bonchev–Trinajstić information content (AvgIpc) is 2.08. The number of carbonyl (C=O) groups is 3. The minimum absolute atomic E-state index is 0.0368. The SMILES string of the molecule is O=C(O)C=CCNC(=O)C=CC(=O)O. The fourth-order valence-corrected chi connectivity index (χ4v) is 0.525. The van der Waals surface area contributed by atoms with Gasteiger partial charge in [0.15, 0.2) is 0 Å². The van der Waals surface area contributed by atoms with Crippen molar-refractivity contribution in [2.75, 3.05) is 6.54 Å². The number of carboxylic acid groups (broad SMARTS) is 2. The van der Waals surface area contributed by atoms with E-state index in [1.165, 1.54) is 6.08 Å². The van der Waals surface area contributed by atoms with Gasteiger partial charge in [-0.05, 0) is 0 Å². The van der Waals surface area contributed by atoms with E-state index >= 15 is 0 Å². The Bertz CT molecular complexity index is 292. The molecule has 0 radical (unpaired) electrons. The van der Waals surface area contributed by atoms with Crippen LogP contribution in [-0.2, 0) is 14.4 Å². The quantitative estimate of drug-likeness (QED) is 0.512. The topological polar surface area (TPSA) is 104 Å². The van der Waals surface area contributed by atoms with E-state index in [0.717, 1.165) is 12.2 Å². The van der Waals surface area contributed by atoms with Gasteiger partial charge in [0.2, 0.25) is 5.91 Å². The Labute approximate surface area is 79.5 Å². The van der Waals surface area contributed by atoms with Crippen LogP contribution in [-0.4, -0.2) is 34.6 Å². The number of amides is 1. The van der Waals surface area contributed by atoms with Gasteiger partial charge < -0.3 is 15.5 Å². The standard InChI is InChI=1S/C8H9NO5/c10-6(3-4-8(13)14)9-5-1-2-7(11)12/h1-4H,5H2,(H,9,10)(H,11,12)(H,13,14). The van der Waals surface area contributed by atoms with Crippen molar-refractivity contribution in [3.63, 3.8) is 0 Å². The van der Waals surface area contributed by atoms with Gasteiger partial charge in [0.25, 0.3) is 0 Å². The van der Waals surface area contributed by atoms with Crippen LogP contribution in [0.4, 0.5) is 0 Å². The van der Waals surface area contributed by atoms with Gasteiger partial charge in [-0.15, -0.1) is 0 Å². The average molecular weight is 199 g/mol. The zero-order valence-electron chi connectivity index (χ0n) is 7.14. The van der Waals surface area contributed by atoms with Crippen LogP contribution in [0.1, 0.15) is 0 Å². The van der Waals surface area contributed by atoms with Crippen LogP contribution in [0.5, 0.6) is 0 Å². The number of carbonyl (C=O) groups excluding carboxylic acids is 1. The van der Waals surface area contributed by atoms with Crippen LogP contribution in [0.2, 0.25) is 0 Å². The summed E-state index contributed by atoms with van der Waals surface area (Å²) in [7, 11) is 0. The Balaban J connectivity index is 3.75. The van der Waals surface area contributed by atoms with Gasteiger partial charge >= 0.3 is 11.9 Å². The molecule has 0 saturated carbocycles. The molecule has 0 fully saturated rings. The lowest BCUT2D eigenvalue weighted by molar-refractivity contribution is -0.132. The first-order chi connectivity index (χ1) is 6.52. The van der Waals surface area contributed by atoms with E-state index in [-0.39, 0.29) is 6.54 Å². The molecular formula is C8H9NO5. The second-order valence-electron chi connectivity index (χ2n) is 2.16. The zero-order valence-corrected chi connectivity index (χ0v) is 7.14. The number of aliphatic carboxylic acids is 2. The molecule has 0 aliphatic heterocycles. The summed E-state index contributed by atoms with van der Waals surface area (Å²) in [6, 6.07) is 0. The van der Waals surface area contributed by atoms with Crippen LogP contribution in [0.25, 0.3) is 0 Å². The van der Waals surface area contributed by atoms with E-state index in [0.29, 0.717) is 6.08 Å². The summed E-state index contributed by atoms with van der Waals surface area (Å²) in [6.07, 6.45) is 3.64. The van der Waals surface area contributed by atoms with Gasteiger partial charge in [0.1, 0.15) is 0 Å². The third kappa shape index (κ3) is 7.99. The molecule has 6 nitrogen and oxygen atoms in total. The monoisotopic (exact) mass is 199 g/mol. The molecule has 0 heterocycles. The maximum Gasteiger partial charge on any atom is 0.328 e. The van der Waals surface area contributed by atoms with Crippen LogP contribution < -0.4 is 5.32 Å². The molecule has 0 atom stereocenters. The molecule has 0 saturated heterocycles. The fraction of sp³-hybridized carbons (Fsp3) is 0.125. The first-order valence-corrected chi connectivity index (χ1v) is 3.60. The number of hydrogen-bond acceptors (Lipinski definition) is 3. The Morgan fingerprint density at radius 1 is 1.00 bits per heavy atom. The number of hydrogen-bond donors (Lipinski definition) is 3. The lowest BCUT2D eigenvalue weighted by Crippen LogP contribution is -2.21. The summed E-state index contributed by atoms with van der Waals surface area (Å²) >= 11 is 0. The van der Waals surface area contributed by atoms with E-state index in [4.69, 9.17) is 10.2 Å². The molecule has 0 aliphatic carbocycles. The van der Waals surface area contributed by atoms with Gasteiger partial charge in [-0.2, -0.15) is 0 Å². The zero-order chi connectivity index (χ0) is 11.0. The van der Waals surface area contributed by atoms with E-state index in [2.05, 4.69) is 5.32 Å². The lowest BCUT2D eigenvalue weighted by atomic mass is 10.4. The summed E-state index contributed by atoms with van der Waals surface area (Å²) in [5, 5.41) is 18.6. The van der Waals surface area contributed by atoms with Crippen molar-refractivity contribution in [1.82, 2.24) is 5.32 Å². The highest BCUT2D eigenvalue weighted by atomic mass is 16.4. The molecule has 76 valence electrons. The van der Waals surface area contributed by atoms with Crippen molar-refractivity contribution in [3.8, 4) is 0 Å². The highest BCUT2D eigenvalue weighted by molar-refractivity contribution is 5.93. The first-order valence-electron chi connectivity index (χ1n) is 3.60. The molecule has 0 unspecified atom stereocenters. The summed E-state index contributed by atoms with van der Waals surface area (Å²) < 4.78 is 0. The van der Waals surface area contributed by atoms with E-state index in [1.807, 2.05) is 0 Å². The van der Waals surface area contributed by atoms with E-state index in [9.17, 15) is 14.4 Å². The van der Waals surface area contributed by atoms with Crippen LogP contribution in [0, 0.1) is 0 Å². The van der Waals surface area contributed by atoms with Crippen molar-refractivity contribution in [1.29, 1.82) is 0 Å². The third-order valence-electron chi connectivity index (χ3n) is 1.03. The van der Waals surface area contributed by atoms with Crippen LogP contribution in [0.3, 0.4) is 0 Å². The maximum atomic E-state index is 10.7. The van der Waals surface area contributed by atoms with Gasteiger partial charge in [-0.1, -0.05) is 6.08 Å². The first kappa shape index (κ1) is 11.9. The van der Waals surface area contributed by atoms with Crippen LogP contribution in [0.15, 0.2) is 24.3 Å². The molecule has 14 heavy (non-hydrogen) atoms. The van der Waals surface area contributed by atoms with E-state index < -0.39 is 17.8 Å². The third-order valence-corrected chi connectivity index (χ3v) is 1.03. The predicted molar refractivity (Wildman–Crippen MR) is 46.6 cm³/mol. The van der Waals surface area contributed by atoms with Crippen molar-refractivity contribution in [3.05, 3.63) is 24.3 Å². The molecule has 3 N–H and O–H groups in total. The number of nitrogens with one attached hydrogen (secondary N) is 1. The van der Waals surface area contributed by atoms with Crippen molar-refractivity contribution >= 4 is 17.8 Å². The summed E-state index contributed by atoms with van der Waals surface area (Å²) in [6.45, 7) is 0.0368. The Morgan fingerprint density at radius 3 is 2.07 bits per heavy atom. The smallest absolute Gasteiger partial charge is 0.328 e. The summed E-state index contributed by atoms with van der Waals surface area (Å²) in [5.41, 5.74) is 0. The van der Waals surface area contributed by atoms with Crippen molar-refractivity contribution in [2.24, 2.45) is 0 Å². The van der Waals surface area contributed by atoms with Gasteiger partial charge in [-0.25, -0.2) is 9.59 Å². The van der Waals surface area contributed by atoms with Crippen molar-refractivity contribution in [2.45, 2.75) is 0 Å². The lowest BCUT2D eigenvalue weighted by Gasteiger charge is -1.94. The van der Waals surface area contributed by atoms with Gasteiger partial charge in [0, 0.05) is 24.8 Å². The molecule has 0 aromatic rings. The molecule has 0 bridgehead atoms. The predicted octanol–water partition coefficient (Wildman–Crippen LogP) is -0.616. The highest BCUT2D eigenvalue weighted by Gasteiger charge is 1.93. The largest absolute Gasteiger partial charge is 0.478 e. The summed E-state index contributed by atoms with van der Waals surface area (Å²) in [5.74, 6) is -2.93. The molecule has 0 aromatic carbocycles. The Morgan fingerprint density at radius 2 is 1.57 bits per heavy atom. The number of carboxylic acids is 2. The minimum atomic E-state index is -1.22. The molecule has 1 amide bonds. The minimum Gasteiger partial charge on any atom is -0.478 e. The molecule has 0 aromatic heterocycles. The second kappa shape index (κ2) is 6.41. The van der Waals surface area contributed by atoms with Gasteiger partial charge in [-0.3, -0.25) is 4.79 Å². The molecule has 0 rings (SSSR count).